The molecular weight excluding hydrogens is 322 g/mol. The summed E-state index contributed by atoms with van der Waals surface area (Å²) in [6.07, 6.45) is 0. The lowest BCUT2D eigenvalue weighted by Crippen LogP contribution is -2.19. The molecule has 2 N–H and O–H groups in total. The highest BCUT2D eigenvalue weighted by atomic mass is 16.5. The molecule has 25 heavy (non-hydrogen) atoms. The molecule has 0 radical (unpaired) electrons. The van der Waals surface area contributed by atoms with E-state index in [-0.39, 0.29) is 0 Å². The number of carbonyl (C=O) groups excluding carboxylic acids is 1. The van der Waals surface area contributed by atoms with Gasteiger partial charge in [-0.2, -0.15) is 0 Å². The number of rotatable bonds is 4. The lowest BCUT2D eigenvalue weighted by molar-refractivity contribution is 0.262. The Kier molecular flexibility index (Phi) is 4.47. The van der Waals surface area contributed by atoms with Crippen molar-refractivity contribution >= 4 is 28.5 Å². The molecule has 130 valence electrons. The molecule has 0 atom stereocenters. The SMILES string of the molecule is CCn1c(=O)oc2cc(NC(=O)Nc3cc(C)ccc3OC)ccc21. The minimum absolute atomic E-state index is 0.413. The summed E-state index contributed by atoms with van der Waals surface area (Å²) in [5.41, 5.74) is 3.22. The molecule has 3 rings (SSSR count). The van der Waals surface area contributed by atoms with Crippen molar-refractivity contribution in [2.45, 2.75) is 20.4 Å². The summed E-state index contributed by atoms with van der Waals surface area (Å²) in [4.78, 5) is 24.0. The van der Waals surface area contributed by atoms with Gasteiger partial charge in [-0.1, -0.05) is 6.07 Å². The number of oxazole rings is 1. The number of hydrogen-bond acceptors (Lipinski definition) is 4. The number of anilines is 2. The third-order valence-corrected chi connectivity index (χ3v) is 3.85. The minimum atomic E-state index is -0.416. The summed E-state index contributed by atoms with van der Waals surface area (Å²) in [6, 6.07) is 10.2. The summed E-state index contributed by atoms with van der Waals surface area (Å²) >= 11 is 0. The fourth-order valence-electron chi connectivity index (χ4n) is 2.65. The molecule has 0 unspecified atom stereocenters. The van der Waals surface area contributed by atoms with Gasteiger partial charge < -0.3 is 19.8 Å². The maximum atomic E-state index is 12.3. The number of nitrogens with one attached hydrogen (secondary N) is 2. The maximum absolute atomic E-state index is 12.3. The van der Waals surface area contributed by atoms with Crippen LogP contribution in [0.3, 0.4) is 0 Å². The van der Waals surface area contributed by atoms with Gasteiger partial charge in [-0.15, -0.1) is 0 Å². The molecule has 0 saturated heterocycles. The zero-order valence-corrected chi connectivity index (χ0v) is 14.3. The monoisotopic (exact) mass is 341 g/mol. The fraction of sp³-hybridized carbons (Fsp3) is 0.222. The number of aryl methyl sites for hydroxylation is 2. The van der Waals surface area contributed by atoms with Crippen LogP contribution in [0.2, 0.25) is 0 Å². The number of hydrogen-bond donors (Lipinski definition) is 2. The Morgan fingerprint density at radius 1 is 1.20 bits per heavy atom. The molecule has 0 spiro atoms. The molecule has 0 aliphatic carbocycles. The van der Waals surface area contributed by atoms with Crippen molar-refractivity contribution in [1.29, 1.82) is 0 Å². The number of ether oxygens (including phenoxy) is 1. The van der Waals surface area contributed by atoms with E-state index in [9.17, 15) is 9.59 Å². The van der Waals surface area contributed by atoms with Crippen LogP contribution in [-0.4, -0.2) is 17.7 Å². The van der Waals surface area contributed by atoms with Crippen LogP contribution in [0.5, 0.6) is 5.75 Å². The Balaban J connectivity index is 1.80. The van der Waals surface area contributed by atoms with Crippen LogP contribution in [0, 0.1) is 6.92 Å². The molecule has 0 saturated carbocycles. The van der Waals surface area contributed by atoms with Crippen molar-refractivity contribution in [3.63, 3.8) is 0 Å². The van der Waals surface area contributed by atoms with E-state index in [4.69, 9.17) is 9.15 Å². The van der Waals surface area contributed by atoms with Crippen LogP contribution in [0.25, 0.3) is 11.1 Å². The van der Waals surface area contributed by atoms with Gasteiger partial charge in [0.2, 0.25) is 0 Å². The minimum Gasteiger partial charge on any atom is -0.495 e. The number of benzene rings is 2. The Morgan fingerprint density at radius 3 is 2.72 bits per heavy atom. The van der Waals surface area contributed by atoms with Crippen LogP contribution >= 0.6 is 0 Å². The average Bonchev–Trinajstić information content (AvgIpc) is 2.89. The van der Waals surface area contributed by atoms with Gasteiger partial charge in [0.15, 0.2) is 5.58 Å². The van der Waals surface area contributed by atoms with E-state index in [0.29, 0.717) is 34.8 Å². The summed E-state index contributed by atoms with van der Waals surface area (Å²) in [5.74, 6) is 0.158. The predicted octanol–water partition coefficient (Wildman–Crippen LogP) is 3.58. The summed E-state index contributed by atoms with van der Waals surface area (Å²) in [7, 11) is 1.54. The molecule has 0 aliphatic heterocycles. The molecule has 0 fully saturated rings. The zero-order chi connectivity index (χ0) is 18.0. The highest BCUT2D eigenvalue weighted by molar-refractivity contribution is 6.01. The molecule has 0 bridgehead atoms. The second-order valence-corrected chi connectivity index (χ2v) is 5.58. The van der Waals surface area contributed by atoms with Crippen LogP contribution in [0.4, 0.5) is 16.2 Å². The first-order valence-corrected chi connectivity index (χ1v) is 7.88. The highest BCUT2D eigenvalue weighted by Gasteiger charge is 2.11. The number of urea groups is 1. The number of carbonyl (C=O) groups is 1. The van der Waals surface area contributed by atoms with E-state index in [0.717, 1.165) is 5.56 Å². The van der Waals surface area contributed by atoms with Gasteiger partial charge >= 0.3 is 11.8 Å². The topological polar surface area (TPSA) is 85.5 Å². The van der Waals surface area contributed by atoms with Gasteiger partial charge in [0.25, 0.3) is 0 Å². The van der Waals surface area contributed by atoms with Gasteiger partial charge in [-0.25, -0.2) is 9.59 Å². The standard InChI is InChI=1S/C18H19N3O4/c1-4-21-14-7-6-12(10-16(14)25-18(21)23)19-17(22)20-13-9-11(2)5-8-15(13)24-3/h5-10H,4H2,1-3H3,(H2,19,20,22). The summed E-state index contributed by atoms with van der Waals surface area (Å²) in [5, 5.41) is 5.48. The van der Waals surface area contributed by atoms with Crippen molar-refractivity contribution in [2.24, 2.45) is 0 Å². The van der Waals surface area contributed by atoms with Crippen molar-refractivity contribution in [3.05, 3.63) is 52.5 Å². The molecule has 7 nitrogen and oxygen atoms in total. The second kappa shape index (κ2) is 6.72. The molecule has 0 aliphatic rings. The molecule has 2 aromatic carbocycles. The predicted molar refractivity (Wildman–Crippen MR) is 96.5 cm³/mol. The van der Waals surface area contributed by atoms with Crippen molar-refractivity contribution < 1.29 is 13.9 Å². The summed E-state index contributed by atoms with van der Waals surface area (Å²) in [6.45, 7) is 4.31. The molecule has 7 heteroatoms. The van der Waals surface area contributed by atoms with E-state index >= 15 is 0 Å². The lowest BCUT2D eigenvalue weighted by atomic mass is 10.2. The van der Waals surface area contributed by atoms with Gasteiger partial charge in [-0.3, -0.25) is 4.57 Å². The number of nitrogens with zero attached hydrogens (tertiary/aromatic N) is 1. The van der Waals surface area contributed by atoms with Gasteiger partial charge in [0.05, 0.1) is 18.3 Å². The number of fused-ring (bicyclic) bond motifs is 1. The Bertz CT molecular complexity index is 988. The summed E-state index contributed by atoms with van der Waals surface area (Å²) < 4.78 is 12.0. The van der Waals surface area contributed by atoms with E-state index in [1.165, 1.54) is 4.57 Å². The Labute approximate surface area is 144 Å². The lowest BCUT2D eigenvalue weighted by Gasteiger charge is -2.12. The number of amides is 2. The van der Waals surface area contributed by atoms with Gasteiger partial charge in [-0.05, 0) is 43.7 Å². The Hall–Kier alpha value is -3.22. The first-order chi connectivity index (χ1) is 12.0. The van der Waals surface area contributed by atoms with Crippen molar-refractivity contribution in [1.82, 2.24) is 4.57 Å². The van der Waals surface area contributed by atoms with Crippen LogP contribution in [0.15, 0.2) is 45.6 Å². The molecule has 2 amide bonds. The second-order valence-electron chi connectivity index (χ2n) is 5.58. The van der Waals surface area contributed by atoms with Crippen LogP contribution < -0.4 is 21.1 Å². The fourth-order valence-corrected chi connectivity index (χ4v) is 2.65. The molecule has 1 heterocycles. The van der Waals surface area contributed by atoms with E-state index < -0.39 is 11.8 Å². The zero-order valence-electron chi connectivity index (χ0n) is 14.3. The van der Waals surface area contributed by atoms with Gasteiger partial charge in [0, 0.05) is 18.3 Å². The van der Waals surface area contributed by atoms with E-state index in [1.807, 2.05) is 26.0 Å². The largest absolute Gasteiger partial charge is 0.495 e. The normalized spacial score (nSPS) is 10.7. The van der Waals surface area contributed by atoms with Crippen molar-refractivity contribution in [2.75, 3.05) is 17.7 Å². The van der Waals surface area contributed by atoms with E-state index in [2.05, 4.69) is 10.6 Å². The van der Waals surface area contributed by atoms with Gasteiger partial charge in [0.1, 0.15) is 5.75 Å². The number of methoxy groups -OCH3 is 1. The number of aromatic nitrogens is 1. The van der Waals surface area contributed by atoms with Crippen LogP contribution in [0.1, 0.15) is 12.5 Å². The average molecular weight is 341 g/mol. The third kappa shape index (κ3) is 3.35. The molecule has 1 aromatic heterocycles. The third-order valence-electron chi connectivity index (χ3n) is 3.85. The molecular formula is C18H19N3O4. The first kappa shape index (κ1) is 16.6. The smallest absolute Gasteiger partial charge is 0.419 e. The van der Waals surface area contributed by atoms with Crippen molar-refractivity contribution in [3.8, 4) is 5.75 Å². The quantitative estimate of drug-likeness (QED) is 0.759. The maximum Gasteiger partial charge on any atom is 0.419 e. The van der Waals surface area contributed by atoms with E-state index in [1.54, 1.807) is 31.4 Å². The van der Waals surface area contributed by atoms with Crippen LogP contribution in [-0.2, 0) is 6.54 Å². The first-order valence-electron chi connectivity index (χ1n) is 7.88. The molecule has 3 aromatic rings. The Morgan fingerprint density at radius 2 is 2.00 bits per heavy atom. The highest BCUT2D eigenvalue weighted by Crippen LogP contribution is 2.25.